The van der Waals surface area contributed by atoms with Crippen LogP contribution in [0.1, 0.15) is 137 Å². The van der Waals surface area contributed by atoms with Crippen LogP contribution in [0.15, 0.2) is 37.6 Å². The van der Waals surface area contributed by atoms with Crippen LogP contribution in [0.4, 0.5) is 0 Å². The molecule has 0 aliphatic heterocycles. The fraction of sp³-hybridized carbons (Fsp3) is 0.714. The Morgan fingerprint density at radius 1 is 0.605 bits per heavy atom. The van der Waals surface area contributed by atoms with E-state index in [9.17, 15) is 19.2 Å². The lowest BCUT2D eigenvalue weighted by molar-refractivity contribution is -0.140. The van der Waals surface area contributed by atoms with E-state index in [2.05, 4.69) is 45.6 Å². The van der Waals surface area contributed by atoms with Gasteiger partial charge >= 0.3 is 23.9 Å². The minimum Gasteiger partial charge on any atom is -0.463 e. The second-order valence-electron chi connectivity index (χ2n) is 10.2. The largest absolute Gasteiger partial charge is 0.463 e. The fourth-order valence-corrected chi connectivity index (χ4v) is 3.62. The molecule has 0 aliphatic rings. The number of hydrogen-bond acceptors (Lipinski definition) is 8. The summed E-state index contributed by atoms with van der Waals surface area (Å²) in [5, 5.41) is 0. The molecule has 0 rings (SSSR count). The lowest BCUT2D eigenvalue weighted by Crippen LogP contribution is -2.12. The molecule has 0 amide bonds. The molecule has 43 heavy (non-hydrogen) atoms. The Morgan fingerprint density at radius 2 is 1.05 bits per heavy atom. The molecule has 0 radical (unpaired) electrons. The molecule has 0 fully saturated rings. The number of ether oxygens (including phenoxy) is 4. The van der Waals surface area contributed by atoms with E-state index >= 15 is 0 Å². The Balaban J connectivity index is -0.000000698. The highest BCUT2D eigenvalue weighted by atomic mass is 16.5. The summed E-state index contributed by atoms with van der Waals surface area (Å²) in [7, 11) is 0. The van der Waals surface area contributed by atoms with Gasteiger partial charge in [-0.15, -0.1) is 0 Å². The fourth-order valence-electron chi connectivity index (χ4n) is 3.62. The number of esters is 4. The highest BCUT2D eigenvalue weighted by molar-refractivity contribution is 5.91. The van der Waals surface area contributed by atoms with Crippen LogP contribution in [0.5, 0.6) is 0 Å². The molecule has 8 heteroatoms. The van der Waals surface area contributed by atoms with Crippen LogP contribution in [0, 0.1) is 5.92 Å². The van der Waals surface area contributed by atoms with Gasteiger partial charge in [0.25, 0.3) is 0 Å². The van der Waals surface area contributed by atoms with Crippen molar-refractivity contribution in [2.75, 3.05) is 19.8 Å². The molecule has 250 valence electrons. The van der Waals surface area contributed by atoms with Crippen LogP contribution >= 0.6 is 0 Å². The maximum Gasteiger partial charge on any atom is 0.331 e. The van der Waals surface area contributed by atoms with Crippen molar-refractivity contribution in [3.63, 3.8) is 0 Å². The predicted octanol–water partition coefficient (Wildman–Crippen LogP) is 8.98. The average molecular weight is 611 g/mol. The molecule has 0 saturated heterocycles. The van der Waals surface area contributed by atoms with Gasteiger partial charge in [0.2, 0.25) is 0 Å². The first-order chi connectivity index (χ1) is 20.7. The van der Waals surface area contributed by atoms with Gasteiger partial charge in [-0.1, -0.05) is 124 Å². The van der Waals surface area contributed by atoms with Gasteiger partial charge in [0.05, 0.1) is 26.1 Å². The summed E-state index contributed by atoms with van der Waals surface area (Å²) in [4.78, 5) is 43.4. The Kier molecular flexibility index (Phi) is 38.5. The molecule has 0 aromatic heterocycles. The summed E-state index contributed by atoms with van der Waals surface area (Å²) >= 11 is 0. The number of rotatable bonds is 24. The van der Waals surface area contributed by atoms with Crippen molar-refractivity contribution >= 4 is 23.9 Å². The summed E-state index contributed by atoms with van der Waals surface area (Å²) in [5.74, 6) is -1.07. The summed E-state index contributed by atoms with van der Waals surface area (Å²) in [6.07, 6.45) is 23.0. The minimum absolute atomic E-state index is 0.310. The van der Waals surface area contributed by atoms with Gasteiger partial charge in [-0.25, -0.2) is 14.4 Å². The smallest absolute Gasteiger partial charge is 0.331 e. The van der Waals surface area contributed by atoms with Gasteiger partial charge in [0.15, 0.2) is 0 Å². The molecule has 1 atom stereocenters. The number of carbonyl (C=O) groups excluding carboxylic acids is 4. The maximum atomic E-state index is 11.4. The first-order valence-electron chi connectivity index (χ1n) is 16.3. The zero-order valence-corrected chi connectivity index (χ0v) is 28.0. The van der Waals surface area contributed by atoms with Crippen molar-refractivity contribution in [2.24, 2.45) is 5.92 Å². The molecule has 0 heterocycles. The Bertz CT molecular complexity index is 697. The van der Waals surface area contributed by atoms with Crippen molar-refractivity contribution in [1.29, 1.82) is 0 Å². The van der Waals surface area contributed by atoms with Gasteiger partial charge in [-0.05, 0) is 25.2 Å². The summed E-state index contributed by atoms with van der Waals surface area (Å²) < 4.78 is 19.2. The Labute approximate surface area is 262 Å². The Morgan fingerprint density at radius 3 is 1.40 bits per heavy atom. The molecule has 8 nitrogen and oxygen atoms in total. The summed E-state index contributed by atoms with van der Waals surface area (Å²) in [5.41, 5.74) is 0. The lowest BCUT2D eigenvalue weighted by atomic mass is 10.0. The zero-order valence-electron chi connectivity index (χ0n) is 28.0. The third-order valence-corrected chi connectivity index (χ3v) is 6.26. The molecular formula is C35H62O8. The van der Waals surface area contributed by atoms with Crippen molar-refractivity contribution in [3.8, 4) is 0 Å². The third kappa shape index (κ3) is 41.3. The van der Waals surface area contributed by atoms with Crippen molar-refractivity contribution in [3.05, 3.63) is 37.6 Å². The lowest BCUT2D eigenvalue weighted by Gasteiger charge is -2.13. The van der Waals surface area contributed by atoms with Gasteiger partial charge in [-0.2, -0.15) is 0 Å². The SMILES string of the molecule is C=CC(=O)OCC(CC)CCCC.C=COC(C)=O.CCCCCCCCOC(=O)/C=C\C(=O)OCCCCCCCC. The van der Waals surface area contributed by atoms with E-state index in [1.54, 1.807) is 0 Å². The highest BCUT2D eigenvalue weighted by Gasteiger charge is 2.07. The molecule has 0 saturated carbocycles. The molecule has 0 N–H and O–H groups in total. The van der Waals surface area contributed by atoms with Crippen LogP contribution in [0.2, 0.25) is 0 Å². The quantitative estimate of drug-likeness (QED) is 0.0350. The standard InChI is InChI=1S/C20H36O4.C11H20O2.C4H6O2/c1-3-5-7-9-11-13-17-23-19(21)15-16-20(22)24-18-14-12-10-8-6-4-2;1-4-7-8-10(5-2)9-13-11(12)6-3;1-3-6-4(2)5/h15-16H,3-14,17-18H2,1-2H3;6,10H,3-5,7-9H2,1-2H3;3H,1H2,2H3/b16-15-;;. The second kappa shape index (κ2) is 37.1. The molecule has 1 unspecified atom stereocenters. The second-order valence-corrected chi connectivity index (χ2v) is 10.2. The molecule has 0 aromatic carbocycles. The zero-order chi connectivity index (χ0) is 33.0. The normalized spacial score (nSPS) is 10.7. The summed E-state index contributed by atoms with van der Waals surface area (Å²) in [6, 6.07) is 0. The molecule has 0 spiro atoms. The van der Waals surface area contributed by atoms with Gasteiger partial charge in [-0.3, -0.25) is 4.79 Å². The number of unbranched alkanes of at least 4 members (excludes halogenated alkanes) is 11. The first-order valence-corrected chi connectivity index (χ1v) is 16.3. The molecular weight excluding hydrogens is 548 g/mol. The van der Waals surface area contributed by atoms with E-state index in [1.807, 2.05) is 0 Å². The molecule has 0 bridgehead atoms. The molecule has 0 aliphatic carbocycles. The van der Waals surface area contributed by atoms with E-state index in [1.165, 1.54) is 77.2 Å². The van der Waals surface area contributed by atoms with E-state index < -0.39 is 11.9 Å². The first kappa shape index (κ1) is 44.5. The Hall–Kier alpha value is -2.90. The number of carbonyl (C=O) groups is 4. The van der Waals surface area contributed by atoms with Crippen molar-refractivity contribution in [1.82, 2.24) is 0 Å². The summed E-state index contributed by atoms with van der Waals surface area (Å²) in [6.45, 7) is 17.9. The average Bonchev–Trinajstić information content (AvgIpc) is 2.99. The van der Waals surface area contributed by atoms with Gasteiger partial charge in [0, 0.05) is 25.2 Å². The van der Waals surface area contributed by atoms with E-state index in [-0.39, 0.29) is 11.9 Å². The predicted molar refractivity (Wildman–Crippen MR) is 174 cm³/mol. The van der Waals surface area contributed by atoms with Crippen LogP contribution < -0.4 is 0 Å². The van der Waals surface area contributed by atoms with Crippen molar-refractivity contribution in [2.45, 2.75) is 137 Å². The number of hydrogen-bond donors (Lipinski definition) is 0. The van der Waals surface area contributed by atoms with Gasteiger partial charge in [0.1, 0.15) is 0 Å². The highest BCUT2D eigenvalue weighted by Crippen LogP contribution is 2.12. The van der Waals surface area contributed by atoms with E-state index in [0.29, 0.717) is 25.7 Å². The maximum absolute atomic E-state index is 11.4. The van der Waals surface area contributed by atoms with Crippen molar-refractivity contribution < 1.29 is 38.1 Å². The van der Waals surface area contributed by atoms with E-state index in [4.69, 9.17) is 14.2 Å². The third-order valence-electron chi connectivity index (χ3n) is 6.26. The molecule has 0 aromatic rings. The van der Waals surface area contributed by atoms with Crippen LogP contribution in [0.3, 0.4) is 0 Å². The van der Waals surface area contributed by atoms with Gasteiger partial charge < -0.3 is 18.9 Å². The van der Waals surface area contributed by atoms with E-state index in [0.717, 1.165) is 56.9 Å². The monoisotopic (exact) mass is 610 g/mol. The topological polar surface area (TPSA) is 105 Å². The minimum atomic E-state index is -0.472. The van der Waals surface area contributed by atoms with Crippen LogP contribution in [-0.4, -0.2) is 43.7 Å². The van der Waals surface area contributed by atoms with Crippen LogP contribution in [0.25, 0.3) is 0 Å². The van der Waals surface area contributed by atoms with Crippen LogP contribution in [-0.2, 0) is 38.1 Å².